The normalized spacial score (nSPS) is 34.8. The minimum Gasteiger partial charge on any atom is -0.395 e. The summed E-state index contributed by atoms with van der Waals surface area (Å²) in [6.07, 6.45) is 2.50. The SMILES string of the molecule is CCOC1CC2=NOCC2C1. The number of rotatable bonds is 2. The highest BCUT2D eigenvalue weighted by Gasteiger charge is 2.35. The van der Waals surface area contributed by atoms with Gasteiger partial charge in [-0.25, -0.2) is 0 Å². The van der Waals surface area contributed by atoms with Crippen molar-refractivity contribution in [1.29, 1.82) is 0 Å². The Morgan fingerprint density at radius 3 is 3.36 bits per heavy atom. The van der Waals surface area contributed by atoms with Crippen LogP contribution in [-0.2, 0) is 9.57 Å². The number of nitrogens with zero attached hydrogens (tertiary/aromatic N) is 1. The third kappa shape index (κ3) is 1.25. The van der Waals surface area contributed by atoms with Gasteiger partial charge >= 0.3 is 0 Å². The molecule has 0 radical (unpaired) electrons. The van der Waals surface area contributed by atoms with Crippen LogP contribution < -0.4 is 0 Å². The average molecular weight is 155 g/mol. The summed E-state index contributed by atoms with van der Waals surface area (Å²) in [4.78, 5) is 4.97. The van der Waals surface area contributed by atoms with Crippen LogP contribution in [0, 0.1) is 5.92 Å². The van der Waals surface area contributed by atoms with Crippen LogP contribution in [-0.4, -0.2) is 25.0 Å². The number of hydrogen-bond donors (Lipinski definition) is 0. The van der Waals surface area contributed by atoms with Gasteiger partial charge in [0.2, 0.25) is 0 Å². The van der Waals surface area contributed by atoms with Gasteiger partial charge in [-0.15, -0.1) is 0 Å². The van der Waals surface area contributed by atoms with Crippen molar-refractivity contribution in [3.63, 3.8) is 0 Å². The van der Waals surface area contributed by atoms with E-state index in [9.17, 15) is 0 Å². The molecule has 0 aromatic rings. The molecule has 0 N–H and O–H groups in total. The number of ether oxygens (including phenoxy) is 1. The standard InChI is InChI=1S/C8H13NO2/c1-2-10-7-3-6-5-11-9-8(6)4-7/h6-7H,2-5H2,1H3. The summed E-state index contributed by atoms with van der Waals surface area (Å²) in [6, 6.07) is 0. The Labute approximate surface area is 66.4 Å². The Morgan fingerprint density at radius 2 is 2.64 bits per heavy atom. The Bertz CT molecular complexity index is 179. The largest absolute Gasteiger partial charge is 0.395 e. The molecule has 1 aliphatic carbocycles. The molecular weight excluding hydrogens is 142 g/mol. The molecule has 0 amide bonds. The Kier molecular flexibility index (Phi) is 1.82. The lowest BCUT2D eigenvalue weighted by atomic mass is 10.1. The van der Waals surface area contributed by atoms with Gasteiger partial charge in [0.05, 0.1) is 11.8 Å². The summed E-state index contributed by atoms with van der Waals surface area (Å²) in [5, 5.41) is 3.97. The second kappa shape index (κ2) is 2.81. The fourth-order valence-corrected chi connectivity index (χ4v) is 1.79. The van der Waals surface area contributed by atoms with Gasteiger partial charge in [-0.05, 0) is 13.3 Å². The molecule has 1 fully saturated rings. The summed E-state index contributed by atoms with van der Waals surface area (Å²) < 4.78 is 5.50. The van der Waals surface area contributed by atoms with Crippen molar-refractivity contribution >= 4 is 5.71 Å². The van der Waals surface area contributed by atoms with Crippen molar-refractivity contribution < 1.29 is 9.57 Å². The van der Waals surface area contributed by atoms with E-state index in [4.69, 9.17) is 9.57 Å². The average Bonchev–Trinajstić information content (AvgIpc) is 2.46. The van der Waals surface area contributed by atoms with Crippen molar-refractivity contribution in [3.05, 3.63) is 0 Å². The highest BCUT2D eigenvalue weighted by atomic mass is 16.6. The van der Waals surface area contributed by atoms with E-state index in [0.717, 1.165) is 26.1 Å². The molecule has 2 unspecified atom stereocenters. The molecule has 0 aromatic carbocycles. The van der Waals surface area contributed by atoms with E-state index < -0.39 is 0 Å². The number of fused-ring (bicyclic) bond motifs is 1. The van der Waals surface area contributed by atoms with Crippen LogP contribution in [0.1, 0.15) is 19.8 Å². The molecule has 3 nitrogen and oxygen atoms in total. The van der Waals surface area contributed by atoms with Crippen molar-refractivity contribution in [3.8, 4) is 0 Å². The highest BCUT2D eigenvalue weighted by Crippen LogP contribution is 2.29. The van der Waals surface area contributed by atoms with E-state index in [1.807, 2.05) is 6.92 Å². The summed E-state index contributed by atoms with van der Waals surface area (Å²) in [7, 11) is 0. The molecule has 2 aliphatic rings. The topological polar surface area (TPSA) is 30.8 Å². The second-order valence-corrected chi connectivity index (χ2v) is 3.09. The lowest BCUT2D eigenvalue weighted by molar-refractivity contribution is 0.0558. The van der Waals surface area contributed by atoms with E-state index in [-0.39, 0.29) is 0 Å². The Balaban J connectivity index is 1.93. The van der Waals surface area contributed by atoms with E-state index in [1.165, 1.54) is 5.71 Å². The van der Waals surface area contributed by atoms with Crippen LogP contribution in [0.25, 0.3) is 0 Å². The molecule has 0 saturated heterocycles. The molecule has 1 heterocycles. The maximum atomic E-state index is 5.50. The fraction of sp³-hybridized carbons (Fsp3) is 0.875. The summed E-state index contributed by atoms with van der Waals surface area (Å²) in [6.45, 7) is 3.62. The molecule has 1 saturated carbocycles. The molecule has 11 heavy (non-hydrogen) atoms. The number of oxime groups is 1. The molecule has 62 valence electrons. The van der Waals surface area contributed by atoms with Crippen LogP contribution in [0.3, 0.4) is 0 Å². The molecule has 0 aromatic heterocycles. The van der Waals surface area contributed by atoms with Crippen LogP contribution >= 0.6 is 0 Å². The molecule has 2 rings (SSSR count). The van der Waals surface area contributed by atoms with Crippen molar-refractivity contribution in [1.82, 2.24) is 0 Å². The fourth-order valence-electron chi connectivity index (χ4n) is 1.79. The van der Waals surface area contributed by atoms with E-state index in [0.29, 0.717) is 12.0 Å². The summed E-state index contributed by atoms with van der Waals surface area (Å²) >= 11 is 0. The Hall–Kier alpha value is -0.570. The first-order chi connectivity index (χ1) is 5.40. The van der Waals surface area contributed by atoms with Crippen LogP contribution in [0.2, 0.25) is 0 Å². The van der Waals surface area contributed by atoms with Gasteiger partial charge in [0.1, 0.15) is 6.61 Å². The molecular formula is C8H13NO2. The minimum atomic E-state index is 0.410. The van der Waals surface area contributed by atoms with Crippen molar-refractivity contribution in [2.75, 3.05) is 13.2 Å². The van der Waals surface area contributed by atoms with Gasteiger partial charge in [0, 0.05) is 18.9 Å². The first-order valence-electron chi connectivity index (χ1n) is 4.20. The van der Waals surface area contributed by atoms with Crippen molar-refractivity contribution in [2.24, 2.45) is 11.1 Å². The minimum absolute atomic E-state index is 0.410. The van der Waals surface area contributed by atoms with Gasteiger partial charge in [-0.3, -0.25) is 0 Å². The van der Waals surface area contributed by atoms with E-state index >= 15 is 0 Å². The zero-order valence-electron chi connectivity index (χ0n) is 6.75. The monoisotopic (exact) mass is 155 g/mol. The lowest BCUT2D eigenvalue weighted by Crippen LogP contribution is -2.09. The first-order valence-corrected chi connectivity index (χ1v) is 4.20. The van der Waals surface area contributed by atoms with E-state index in [1.54, 1.807) is 0 Å². The summed E-state index contributed by atoms with van der Waals surface area (Å²) in [5.41, 5.74) is 1.21. The van der Waals surface area contributed by atoms with Crippen molar-refractivity contribution in [2.45, 2.75) is 25.9 Å². The van der Waals surface area contributed by atoms with Gasteiger partial charge in [-0.1, -0.05) is 5.16 Å². The molecule has 0 bridgehead atoms. The Morgan fingerprint density at radius 1 is 1.73 bits per heavy atom. The van der Waals surface area contributed by atoms with Crippen LogP contribution in [0.4, 0.5) is 0 Å². The van der Waals surface area contributed by atoms with E-state index in [2.05, 4.69) is 5.16 Å². The van der Waals surface area contributed by atoms with Crippen LogP contribution in [0.15, 0.2) is 5.16 Å². The maximum Gasteiger partial charge on any atom is 0.125 e. The first kappa shape index (κ1) is 7.10. The zero-order chi connectivity index (χ0) is 7.68. The van der Waals surface area contributed by atoms with Crippen LogP contribution in [0.5, 0.6) is 0 Å². The summed E-state index contributed by atoms with van der Waals surface area (Å²) in [5.74, 6) is 0.562. The lowest BCUT2D eigenvalue weighted by Gasteiger charge is -2.08. The third-order valence-corrected chi connectivity index (χ3v) is 2.32. The highest BCUT2D eigenvalue weighted by molar-refractivity contribution is 5.89. The molecule has 2 atom stereocenters. The molecule has 1 aliphatic heterocycles. The number of hydrogen-bond acceptors (Lipinski definition) is 3. The molecule has 0 spiro atoms. The smallest absolute Gasteiger partial charge is 0.125 e. The third-order valence-electron chi connectivity index (χ3n) is 2.32. The van der Waals surface area contributed by atoms with Gasteiger partial charge in [-0.2, -0.15) is 0 Å². The van der Waals surface area contributed by atoms with Gasteiger partial charge in [0.15, 0.2) is 0 Å². The maximum absolute atomic E-state index is 5.50. The van der Waals surface area contributed by atoms with Gasteiger partial charge < -0.3 is 9.57 Å². The predicted octanol–water partition coefficient (Wildman–Crippen LogP) is 1.19. The zero-order valence-corrected chi connectivity index (χ0v) is 6.75. The molecule has 3 heteroatoms. The quantitative estimate of drug-likeness (QED) is 0.599. The van der Waals surface area contributed by atoms with Gasteiger partial charge in [0.25, 0.3) is 0 Å². The predicted molar refractivity (Wildman–Crippen MR) is 41.5 cm³/mol. The second-order valence-electron chi connectivity index (χ2n) is 3.09.